The minimum atomic E-state index is -0.355. The topological polar surface area (TPSA) is 58.4 Å². The SMILES string of the molecule is CCCC(N)C(=O)NC1CCN(C(C)c2ccccc2)CC1. The number of hydrogen-bond donors (Lipinski definition) is 2. The second-order valence-electron chi connectivity index (χ2n) is 6.30. The van der Waals surface area contributed by atoms with Crippen molar-refractivity contribution in [3.05, 3.63) is 35.9 Å². The molecule has 1 aromatic rings. The molecule has 1 aliphatic rings. The van der Waals surface area contributed by atoms with Gasteiger partial charge in [-0.05, 0) is 31.7 Å². The van der Waals surface area contributed by atoms with Gasteiger partial charge in [0.1, 0.15) is 0 Å². The second kappa shape index (κ2) is 8.30. The number of likely N-dealkylation sites (tertiary alicyclic amines) is 1. The average molecular weight is 303 g/mol. The van der Waals surface area contributed by atoms with Gasteiger partial charge in [-0.15, -0.1) is 0 Å². The maximum absolute atomic E-state index is 12.0. The van der Waals surface area contributed by atoms with E-state index >= 15 is 0 Å². The number of carbonyl (C=O) groups excluding carboxylic acids is 1. The van der Waals surface area contributed by atoms with E-state index in [0.29, 0.717) is 6.04 Å². The van der Waals surface area contributed by atoms with Gasteiger partial charge in [-0.2, -0.15) is 0 Å². The zero-order chi connectivity index (χ0) is 15.9. The fourth-order valence-electron chi connectivity index (χ4n) is 3.12. The van der Waals surface area contributed by atoms with Crippen molar-refractivity contribution in [1.82, 2.24) is 10.2 Å². The third kappa shape index (κ3) is 4.55. The Labute approximate surface area is 134 Å². The molecule has 0 aliphatic carbocycles. The first-order valence-electron chi connectivity index (χ1n) is 8.46. The van der Waals surface area contributed by atoms with E-state index in [1.807, 2.05) is 0 Å². The normalized spacial score (nSPS) is 19.6. The van der Waals surface area contributed by atoms with E-state index in [1.54, 1.807) is 0 Å². The number of nitrogens with two attached hydrogens (primary N) is 1. The van der Waals surface area contributed by atoms with E-state index < -0.39 is 0 Å². The summed E-state index contributed by atoms with van der Waals surface area (Å²) in [6, 6.07) is 10.9. The lowest BCUT2D eigenvalue weighted by atomic mass is 9.99. The minimum Gasteiger partial charge on any atom is -0.352 e. The van der Waals surface area contributed by atoms with E-state index in [-0.39, 0.29) is 18.0 Å². The Bertz CT molecular complexity index is 455. The zero-order valence-electron chi connectivity index (χ0n) is 13.8. The van der Waals surface area contributed by atoms with E-state index in [1.165, 1.54) is 5.56 Å². The van der Waals surface area contributed by atoms with Gasteiger partial charge >= 0.3 is 0 Å². The van der Waals surface area contributed by atoms with Crippen LogP contribution in [-0.2, 0) is 4.79 Å². The van der Waals surface area contributed by atoms with Gasteiger partial charge in [0.25, 0.3) is 0 Å². The highest BCUT2D eigenvalue weighted by molar-refractivity contribution is 5.81. The number of benzene rings is 1. The molecule has 0 aromatic heterocycles. The largest absolute Gasteiger partial charge is 0.352 e. The highest BCUT2D eigenvalue weighted by Crippen LogP contribution is 2.23. The highest BCUT2D eigenvalue weighted by atomic mass is 16.2. The third-order valence-electron chi connectivity index (χ3n) is 4.64. The number of piperidine rings is 1. The monoisotopic (exact) mass is 303 g/mol. The third-order valence-corrected chi connectivity index (χ3v) is 4.64. The predicted octanol–water partition coefficient (Wildman–Crippen LogP) is 2.46. The molecule has 4 heteroatoms. The van der Waals surface area contributed by atoms with Gasteiger partial charge in [0.2, 0.25) is 5.91 Å². The van der Waals surface area contributed by atoms with Crippen molar-refractivity contribution in [1.29, 1.82) is 0 Å². The van der Waals surface area contributed by atoms with Crippen LogP contribution >= 0.6 is 0 Å². The number of rotatable bonds is 6. The van der Waals surface area contributed by atoms with Gasteiger partial charge in [-0.1, -0.05) is 43.7 Å². The second-order valence-corrected chi connectivity index (χ2v) is 6.30. The van der Waals surface area contributed by atoms with Crippen LogP contribution in [0.5, 0.6) is 0 Å². The molecule has 1 saturated heterocycles. The summed E-state index contributed by atoms with van der Waals surface area (Å²) in [5, 5.41) is 3.11. The highest BCUT2D eigenvalue weighted by Gasteiger charge is 2.25. The summed E-state index contributed by atoms with van der Waals surface area (Å²) in [4.78, 5) is 14.5. The van der Waals surface area contributed by atoms with Crippen LogP contribution in [0.15, 0.2) is 30.3 Å². The first-order chi connectivity index (χ1) is 10.6. The fraction of sp³-hybridized carbons (Fsp3) is 0.611. The summed E-state index contributed by atoms with van der Waals surface area (Å²) in [5.41, 5.74) is 7.23. The van der Waals surface area contributed by atoms with Crippen LogP contribution in [0, 0.1) is 0 Å². The van der Waals surface area contributed by atoms with Crippen molar-refractivity contribution in [2.45, 2.75) is 57.7 Å². The Balaban J connectivity index is 1.79. The van der Waals surface area contributed by atoms with Crippen LogP contribution in [0.4, 0.5) is 0 Å². The zero-order valence-corrected chi connectivity index (χ0v) is 13.8. The van der Waals surface area contributed by atoms with Crippen molar-refractivity contribution < 1.29 is 4.79 Å². The smallest absolute Gasteiger partial charge is 0.237 e. The Morgan fingerprint density at radius 2 is 1.95 bits per heavy atom. The Morgan fingerprint density at radius 1 is 1.32 bits per heavy atom. The van der Waals surface area contributed by atoms with Crippen LogP contribution < -0.4 is 11.1 Å². The van der Waals surface area contributed by atoms with Crippen molar-refractivity contribution in [2.24, 2.45) is 5.73 Å². The number of nitrogens with one attached hydrogen (secondary N) is 1. The molecule has 1 aromatic carbocycles. The number of nitrogens with zero attached hydrogens (tertiary/aromatic N) is 1. The lowest BCUT2D eigenvalue weighted by molar-refractivity contribution is -0.123. The van der Waals surface area contributed by atoms with Crippen LogP contribution in [0.2, 0.25) is 0 Å². The van der Waals surface area contributed by atoms with Crippen molar-refractivity contribution in [2.75, 3.05) is 13.1 Å². The van der Waals surface area contributed by atoms with E-state index in [2.05, 4.69) is 54.4 Å². The molecular weight excluding hydrogens is 274 g/mol. The Kier molecular flexibility index (Phi) is 6.40. The molecule has 22 heavy (non-hydrogen) atoms. The lowest BCUT2D eigenvalue weighted by Crippen LogP contribution is -2.49. The molecule has 2 atom stereocenters. The first kappa shape index (κ1) is 17.0. The maximum atomic E-state index is 12.0. The molecule has 1 heterocycles. The summed E-state index contributed by atoms with van der Waals surface area (Å²) >= 11 is 0. The van der Waals surface area contributed by atoms with Crippen molar-refractivity contribution in [3.8, 4) is 0 Å². The molecule has 1 aliphatic heterocycles. The molecule has 0 saturated carbocycles. The van der Waals surface area contributed by atoms with Gasteiger partial charge < -0.3 is 11.1 Å². The Hall–Kier alpha value is -1.39. The summed E-state index contributed by atoms with van der Waals surface area (Å²) in [6.07, 6.45) is 3.71. The summed E-state index contributed by atoms with van der Waals surface area (Å²) < 4.78 is 0. The number of hydrogen-bond acceptors (Lipinski definition) is 3. The van der Waals surface area contributed by atoms with Gasteiger partial charge in [0.05, 0.1) is 6.04 Å². The van der Waals surface area contributed by atoms with E-state index in [4.69, 9.17) is 5.73 Å². The summed E-state index contributed by atoms with van der Waals surface area (Å²) in [5.74, 6) is 0.0106. The van der Waals surface area contributed by atoms with Gasteiger partial charge in [0, 0.05) is 25.2 Å². The molecule has 0 radical (unpaired) electrons. The van der Waals surface area contributed by atoms with E-state index in [9.17, 15) is 4.79 Å². The number of amides is 1. The maximum Gasteiger partial charge on any atom is 0.237 e. The molecule has 122 valence electrons. The lowest BCUT2D eigenvalue weighted by Gasteiger charge is -2.36. The average Bonchev–Trinajstić information content (AvgIpc) is 2.56. The van der Waals surface area contributed by atoms with Crippen LogP contribution in [0.3, 0.4) is 0 Å². The molecule has 2 rings (SSSR count). The minimum absolute atomic E-state index is 0.0106. The van der Waals surface area contributed by atoms with Gasteiger partial charge in [-0.3, -0.25) is 9.69 Å². The molecule has 0 spiro atoms. The molecule has 1 fully saturated rings. The van der Waals surface area contributed by atoms with Crippen molar-refractivity contribution in [3.63, 3.8) is 0 Å². The molecule has 1 amide bonds. The fourth-order valence-corrected chi connectivity index (χ4v) is 3.12. The van der Waals surface area contributed by atoms with Crippen LogP contribution in [-0.4, -0.2) is 36.0 Å². The molecule has 3 N–H and O–H groups in total. The molecule has 0 bridgehead atoms. The van der Waals surface area contributed by atoms with Gasteiger partial charge in [0.15, 0.2) is 0 Å². The van der Waals surface area contributed by atoms with Gasteiger partial charge in [-0.25, -0.2) is 0 Å². The molecular formula is C18H29N3O. The predicted molar refractivity (Wildman–Crippen MR) is 90.5 cm³/mol. The first-order valence-corrected chi connectivity index (χ1v) is 8.46. The van der Waals surface area contributed by atoms with Crippen molar-refractivity contribution >= 4 is 5.91 Å². The van der Waals surface area contributed by atoms with E-state index in [0.717, 1.165) is 38.8 Å². The molecule has 4 nitrogen and oxygen atoms in total. The standard InChI is InChI=1S/C18H29N3O/c1-3-7-17(19)18(22)20-16-10-12-21(13-11-16)14(2)15-8-5-4-6-9-15/h4-6,8-9,14,16-17H,3,7,10-13,19H2,1-2H3,(H,20,22). The van der Waals surface area contributed by atoms with Crippen LogP contribution in [0.1, 0.15) is 51.1 Å². The summed E-state index contributed by atoms with van der Waals surface area (Å²) in [7, 11) is 0. The quantitative estimate of drug-likeness (QED) is 0.848. The van der Waals surface area contributed by atoms with Crippen LogP contribution in [0.25, 0.3) is 0 Å². The number of carbonyl (C=O) groups is 1. The summed E-state index contributed by atoms with van der Waals surface area (Å²) in [6.45, 7) is 6.34. The Morgan fingerprint density at radius 3 is 2.55 bits per heavy atom. The molecule has 2 unspecified atom stereocenters.